The molecule has 6 nitrogen and oxygen atoms in total. The molecule has 0 saturated heterocycles. The van der Waals surface area contributed by atoms with Gasteiger partial charge in [-0.2, -0.15) is 0 Å². The number of amides is 2. The highest BCUT2D eigenvalue weighted by atomic mass is 19.1. The number of carbonyl (C=O) groups excluding carboxylic acids is 2. The van der Waals surface area contributed by atoms with E-state index in [9.17, 15) is 14.0 Å². The molecule has 0 aromatic heterocycles. The van der Waals surface area contributed by atoms with E-state index in [1.165, 1.54) is 13.2 Å². The van der Waals surface area contributed by atoms with Crippen molar-refractivity contribution in [2.24, 2.45) is 5.73 Å². The third kappa shape index (κ3) is 4.56. The van der Waals surface area contributed by atoms with E-state index in [-0.39, 0.29) is 17.4 Å². The fraction of sp³-hybridized carbons (Fsp3) is 0.261. The molecule has 0 bridgehead atoms. The minimum atomic E-state index is -0.847. The van der Waals surface area contributed by atoms with Crippen molar-refractivity contribution in [2.75, 3.05) is 18.6 Å². The third-order valence-corrected chi connectivity index (χ3v) is 5.18. The van der Waals surface area contributed by atoms with Gasteiger partial charge in [-0.15, -0.1) is 0 Å². The first-order chi connectivity index (χ1) is 14.4. The summed E-state index contributed by atoms with van der Waals surface area (Å²) in [5.41, 5.74) is 7.36. The zero-order valence-corrected chi connectivity index (χ0v) is 16.8. The van der Waals surface area contributed by atoms with Gasteiger partial charge in [-0.25, -0.2) is 4.39 Å². The van der Waals surface area contributed by atoms with Gasteiger partial charge in [-0.1, -0.05) is 24.3 Å². The molecule has 3 N–H and O–H groups in total. The van der Waals surface area contributed by atoms with E-state index in [4.69, 9.17) is 15.9 Å². The molecule has 156 valence electrons. The topological polar surface area (TPSA) is 96.5 Å². The van der Waals surface area contributed by atoms with Crippen LogP contribution in [-0.4, -0.2) is 31.2 Å². The summed E-state index contributed by atoms with van der Waals surface area (Å²) in [6, 6.07) is 14.0. The molecule has 30 heavy (non-hydrogen) atoms. The second kappa shape index (κ2) is 9.35. The molecule has 1 aliphatic heterocycles. The Bertz CT molecular complexity index is 1000. The molecule has 1 aliphatic rings. The highest BCUT2D eigenvalue weighted by molar-refractivity contribution is 6.44. The summed E-state index contributed by atoms with van der Waals surface area (Å²) >= 11 is 0. The molecule has 0 radical (unpaired) electrons. The van der Waals surface area contributed by atoms with Crippen molar-refractivity contribution in [1.82, 2.24) is 0 Å². The molecule has 2 amide bonds. The number of rotatable bonds is 8. The number of para-hydroxylation sites is 1. The first-order valence-electron chi connectivity index (χ1n) is 9.72. The Morgan fingerprint density at radius 2 is 1.93 bits per heavy atom. The predicted octanol–water partition coefficient (Wildman–Crippen LogP) is 3.40. The predicted molar refractivity (Wildman–Crippen MR) is 113 cm³/mol. The number of nitrogens with zero attached hydrogens (tertiary/aromatic N) is 1. The Balaban J connectivity index is 1.80. The van der Waals surface area contributed by atoms with Crippen molar-refractivity contribution >= 4 is 23.2 Å². The number of nitrogens with two attached hydrogens (primary N) is 1. The van der Waals surface area contributed by atoms with E-state index in [1.54, 1.807) is 17.0 Å². The van der Waals surface area contributed by atoms with Gasteiger partial charge in [0, 0.05) is 17.8 Å². The lowest BCUT2D eigenvalue weighted by Crippen LogP contribution is -2.40. The first kappa shape index (κ1) is 21.2. The van der Waals surface area contributed by atoms with Crippen molar-refractivity contribution in [1.29, 1.82) is 5.41 Å². The molecule has 0 saturated carbocycles. The number of anilines is 1. The molecule has 0 aliphatic carbocycles. The summed E-state index contributed by atoms with van der Waals surface area (Å²) in [6.07, 6.45) is 1.85. The number of halogens is 1. The molecule has 0 unspecified atom stereocenters. The average Bonchev–Trinajstić information content (AvgIpc) is 2.75. The van der Waals surface area contributed by atoms with Crippen molar-refractivity contribution in [3.63, 3.8) is 0 Å². The molecular weight excluding hydrogens is 385 g/mol. The van der Waals surface area contributed by atoms with Gasteiger partial charge in [0.2, 0.25) is 0 Å². The second-order valence-electron chi connectivity index (χ2n) is 7.06. The van der Waals surface area contributed by atoms with Crippen LogP contribution in [0, 0.1) is 11.2 Å². The Morgan fingerprint density at radius 3 is 2.57 bits per heavy atom. The van der Waals surface area contributed by atoms with Gasteiger partial charge < -0.3 is 15.4 Å². The van der Waals surface area contributed by atoms with Gasteiger partial charge in [0.25, 0.3) is 11.8 Å². The quantitative estimate of drug-likeness (QED) is 0.654. The zero-order valence-electron chi connectivity index (χ0n) is 16.8. The van der Waals surface area contributed by atoms with E-state index in [2.05, 4.69) is 0 Å². The highest BCUT2D eigenvalue weighted by Crippen LogP contribution is 2.29. The van der Waals surface area contributed by atoms with Crippen molar-refractivity contribution in [3.05, 3.63) is 71.1 Å². The molecular formula is C23H24FN3O3. The van der Waals surface area contributed by atoms with Gasteiger partial charge in [0.15, 0.2) is 11.6 Å². The fourth-order valence-corrected chi connectivity index (χ4v) is 3.64. The van der Waals surface area contributed by atoms with Gasteiger partial charge in [0.1, 0.15) is 5.71 Å². The van der Waals surface area contributed by atoms with Crippen LogP contribution in [0.4, 0.5) is 10.1 Å². The number of nitrogens with one attached hydrogen (secondary N) is 1. The molecule has 1 heterocycles. The van der Waals surface area contributed by atoms with Gasteiger partial charge >= 0.3 is 0 Å². The molecule has 0 spiro atoms. The minimum absolute atomic E-state index is 0.180. The van der Waals surface area contributed by atoms with Crippen molar-refractivity contribution in [3.8, 4) is 5.75 Å². The van der Waals surface area contributed by atoms with Crippen LogP contribution in [0.1, 0.15) is 24.8 Å². The lowest BCUT2D eigenvalue weighted by atomic mass is 9.90. The van der Waals surface area contributed by atoms with Crippen LogP contribution in [0.25, 0.3) is 0 Å². The Hall–Kier alpha value is -3.48. The molecule has 3 rings (SSSR count). The summed E-state index contributed by atoms with van der Waals surface area (Å²) in [7, 11) is 1.41. The highest BCUT2D eigenvalue weighted by Gasteiger charge is 2.30. The maximum Gasteiger partial charge on any atom is 0.266 e. The maximum absolute atomic E-state index is 13.9. The Labute approximate surface area is 174 Å². The van der Waals surface area contributed by atoms with Crippen molar-refractivity contribution < 1.29 is 18.7 Å². The molecule has 2 aromatic rings. The summed E-state index contributed by atoms with van der Waals surface area (Å²) in [5, 5.41) is 8.03. The number of hydrogen-bond acceptors (Lipinski definition) is 4. The number of primary amides is 1. The molecule has 7 heteroatoms. The van der Waals surface area contributed by atoms with Crippen LogP contribution in [0.2, 0.25) is 0 Å². The van der Waals surface area contributed by atoms with Gasteiger partial charge in [-0.3, -0.25) is 15.0 Å². The van der Waals surface area contributed by atoms with E-state index < -0.39 is 11.7 Å². The van der Waals surface area contributed by atoms with Crippen LogP contribution < -0.4 is 15.4 Å². The van der Waals surface area contributed by atoms with Crippen LogP contribution in [-0.2, 0) is 16.0 Å². The maximum atomic E-state index is 13.9. The molecule has 2 aromatic carbocycles. The van der Waals surface area contributed by atoms with E-state index in [1.807, 2.05) is 30.3 Å². The lowest BCUT2D eigenvalue weighted by molar-refractivity contribution is -0.115. The molecule has 0 atom stereocenters. The van der Waals surface area contributed by atoms with Crippen molar-refractivity contribution in [2.45, 2.75) is 25.7 Å². The number of hydrogen-bond donors (Lipinski definition) is 2. The van der Waals surface area contributed by atoms with Crippen LogP contribution in [0.15, 0.2) is 59.7 Å². The number of aryl methyl sites for hydroxylation is 1. The first-order valence-corrected chi connectivity index (χ1v) is 9.72. The summed E-state index contributed by atoms with van der Waals surface area (Å²) in [6.45, 7) is 0.376. The fourth-order valence-electron chi connectivity index (χ4n) is 3.64. The largest absolute Gasteiger partial charge is 0.494 e. The second-order valence-corrected chi connectivity index (χ2v) is 7.06. The van der Waals surface area contributed by atoms with Crippen LogP contribution >= 0.6 is 0 Å². The smallest absolute Gasteiger partial charge is 0.266 e. The van der Waals surface area contributed by atoms with E-state index in [0.717, 1.165) is 11.3 Å². The zero-order chi connectivity index (χ0) is 21.7. The Kier molecular flexibility index (Phi) is 6.61. The number of ether oxygens (including phenoxy) is 1. The number of carbonyl (C=O) groups is 2. The number of benzene rings is 2. The third-order valence-electron chi connectivity index (χ3n) is 5.18. The van der Waals surface area contributed by atoms with E-state index in [0.29, 0.717) is 43.4 Å². The Morgan fingerprint density at radius 1 is 1.20 bits per heavy atom. The average molecular weight is 409 g/mol. The summed E-state index contributed by atoms with van der Waals surface area (Å²) in [5.74, 6) is -1.33. The summed E-state index contributed by atoms with van der Waals surface area (Å²) < 4.78 is 18.8. The van der Waals surface area contributed by atoms with Crippen LogP contribution in [0.3, 0.4) is 0 Å². The number of methoxy groups -OCH3 is 1. The monoisotopic (exact) mass is 409 g/mol. The standard InChI is InChI=1S/C23H24FN3O3/c1-30-20-11-10-15(14-19(20)24)6-5-9-18-17(21(25)22(26)28)12-13-27(23(18)29)16-7-3-2-4-8-16/h2-4,7-8,10-11,14,25H,5-6,9,12-13H2,1H3,(H2,26,28). The normalized spacial score (nSPS) is 14.1. The SMILES string of the molecule is COc1ccc(CCCC2=C(C(=N)C(N)=O)CCN(c3ccccc3)C2=O)cc1F. The van der Waals surface area contributed by atoms with Gasteiger partial charge in [0.05, 0.1) is 7.11 Å². The van der Waals surface area contributed by atoms with Gasteiger partial charge in [-0.05, 0) is 61.1 Å². The lowest BCUT2D eigenvalue weighted by Gasteiger charge is -2.30. The van der Waals surface area contributed by atoms with E-state index >= 15 is 0 Å². The summed E-state index contributed by atoms with van der Waals surface area (Å²) in [4.78, 5) is 26.4. The molecule has 0 fully saturated rings. The minimum Gasteiger partial charge on any atom is -0.494 e. The van der Waals surface area contributed by atoms with Crippen LogP contribution in [0.5, 0.6) is 5.75 Å².